The van der Waals surface area contributed by atoms with Crippen LogP contribution in [0, 0.1) is 13.8 Å². The number of aryl methyl sites for hydroxylation is 1. The summed E-state index contributed by atoms with van der Waals surface area (Å²) in [6.45, 7) is 8.83. The summed E-state index contributed by atoms with van der Waals surface area (Å²) in [4.78, 5) is 28.8. The van der Waals surface area contributed by atoms with E-state index in [1.54, 1.807) is 0 Å². The molecule has 1 heterocycles. The fourth-order valence-electron chi connectivity index (χ4n) is 3.76. The number of nitrogens with zero attached hydrogens (tertiary/aromatic N) is 2. The van der Waals surface area contributed by atoms with Crippen LogP contribution in [0.25, 0.3) is 0 Å². The summed E-state index contributed by atoms with van der Waals surface area (Å²) in [6, 6.07) is 15.8. The van der Waals surface area contributed by atoms with Crippen LogP contribution < -0.4 is 10.2 Å². The minimum atomic E-state index is -0.289. The zero-order valence-electron chi connectivity index (χ0n) is 16.9. The van der Waals surface area contributed by atoms with Gasteiger partial charge in [0.1, 0.15) is 0 Å². The Morgan fingerprint density at radius 1 is 0.964 bits per heavy atom. The predicted octanol–water partition coefficient (Wildman–Crippen LogP) is 3.22. The molecular weight excluding hydrogens is 350 g/mol. The van der Waals surface area contributed by atoms with Crippen molar-refractivity contribution in [1.29, 1.82) is 0 Å². The lowest BCUT2D eigenvalue weighted by Gasteiger charge is -2.37. The summed E-state index contributed by atoms with van der Waals surface area (Å²) in [6.07, 6.45) is 0.285. The molecule has 2 aromatic rings. The van der Waals surface area contributed by atoms with E-state index in [4.69, 9.17) is 0 Å². The molecule has 5 nitrogen and oxygen atoms in total. The monoisotopic (exact) mass is 379 g/mol. The molecule has 1 N–H and O–H groups in total. The van der Waals surface area contributed by atoms with Crippen molar-refractivity contribution in [3.63, 3.8) is 0 Å². The van der Waals surface area contributed by atoms with E-state index in [2.05, 4.69) is 42.3 Å². The third kappa shape index (κ3) is 4.71. The number of hydrogen-bond donors (Lipinski definition) is 1. The van der Waals surface area contributed by atoms with Gasteiger partial charge in [-0.2, -0.15) is 0 Å². The minimum absolute atomic E-state index is 0.0863. The standard InChI is InChI=1S/C23H29N3O2/c1-17-8-7-11-22(18(17)2)25-12-14-26(15-13-25)23(28)16-21(24-19(3)27)20-9-5-4-6-10-20/h4-11,21H,12-16H2,1-3H3,(H,24,27). The molecule has 1 aliphatic heterocycles. The zero-order valence-corrected chi connectivity index (χ0v) is 16.9. The first-order valence-corrected chi connectivity index (χ1v) is 9.86. The average molecular weight is 380 g/mol. The Morgan fingerprint density at radius 3 is 2.29 bits per heavy atom. The molecule has 1 unspecified atom stereocenters. The van der Waals surface area contributed by atoms with Crippen LogP contribution in [0.5, 0.6) is 0 Å². The van der Waals surface area contributed by atoms with Gasteiger partial charge in [-0.3, -0.25) is 9.59 Å². The van der Waals surface area contributed by atoms with Gasteiger partial charge in [-0.1, -0.05) is 42.5 Å². The highest BCUT2D eigenvalue weighted by atomic mass is 16.2. The smallest absolute Gasteiger partial charge is 0.225 e. The maximum absolute atomic E-state index is 12.9. The van der Waals surface area contributed by atoms with E-state index in [0.717, 1.165) is 18.7 Å². The van der Waals surface area contributed by atoms with Gasteiger partial charge in [-0.05, 0) is 36.6 Å². The lowest BCUT2D eigenvalue weighted by Crippen LogP contribution is -2.49. The Kier molecular flexibility index (Phi) is 6.34. The first kappa shape index (κ1) is 19.9. The quantitative estimate of drug-likeness (QED) is 0.868. The van der Waals surface area contributed by atoms with Gasteiger partial charge < -0.3 is 15.1 Å². The second-order valence-corrected chi connectivity index (χ2v) is 7.45. The Labute approximate surface area is 167 Å². The molecule has 2 amide bonds. The largest absolute Gasteiger partial charge is 0.368 e. The van der Waals surface area contributed by atoms with Crippen molar-refractivity contribution in [3.05, 3.63) is 65.2 Å². The molecule has 0 aliphatic carbocycles. The number of hydrogen-bond acceptors (Lipinski definition) is 3. The van der Waals surface area contributed by atoms with Crippen LogP contribution in [0.4, 0.5) is 5.69 Å². The van der Waals surface area contributed by atoms with Gasteiger partial charge in [0.2, 0.25) is 11.8 Å². The number of benzene rings is 2. The summed E-state index contributed by atoms with van der Waals surface area (Å²) in [5.41, 5.74) is 4.81. The number of carbonyl (C=O) groups excluding carboxylic acids is 2. The molecule has 1 saturated heterocycles. The molecule has 28 heavy (non-hydrogen) atoms. The van der Waals surface area contributed by atoms with Crippen molar-refractivity contribution < 1.29 is 9.59 Å². The normalized spacial score (nSPS) is 15.2. The van der Waals surface area contributed by atoms with Gasteiger partial charge in [0, 0.05) is 38.8 Å². The molecule has 1 fully saturated rings. The summed E-state index contributed by atoms with van der Waals surface area (Å²) in [7, 11) is 0. The van der Waals surface area contributed by atoms with Crippen LogP contribution in [-0.2, 0) is 9.59 Å². The first-order valence-electron chi connectivity index (χ1n) is 9.86. The highest BCUT2D eigenvalue weighted by Crippen LogP contribution is 2.24. The molecule has 0 spiro atoms. The second-order valence-electron chi connectivity index (χ2n) is 7.45. The lowest BCUT2D eigenvalue weighted by atomic mass is 10.0. The van der Waals surface area contributed by atoms with Crippen molar-refractivity contribution in [2.45, 2.75) is 33.2 Å². The topological polar surface area (TPSA) is 52.7 Å². The molecule has 0 saturated carbocycles. The van der Waals surface area contributed by atoms with E-state index < -0.39 is 0 Å². The molecule has 0 bridgehead atoms. The maximum Gasteiger partial charge on any atom is 0.225 e. The van der Waals surface area contributed by atoms with Crippen LogP contribution in [0.15, 0.2) is 48.5 Å². The van der Waals surface area contributed by atoms with Gasteiger partial charge in [0.05, 0.1) is 12.5 Å². The highest BCUT2D eigenvalue weighted by Gasteiger charge is 2.25. The molecule has 148 valence electrons. The number of anilines is 1. The van der Waals surface area contributed by atoms with Crippen LogP contribution >= 0.6 is 0 Å². The fraction of sp³-hybridized carbons (Fsp3) is 0.391. The zero-order chi connectivity index (χ0) is 20.1. The first-order chi connectivity index (χ1) is 13.5. The maximum atomic E-state index is 12.9. The van der Waals surface area contributed by atoms with E-state index >= 15 is 0 Å². The van der Waals surface area contributed by atoms with Gasteiger partial charge in [-0.25, -0.2) is 0 Å². The Bertz CT molecular complexity index is 827. The Morgan fingerprint density at radius 2 is 1.64 bits per heavy atom. The van der Waals surface area contributed by atoms with Gasteiger partial charge in [0.25, 0.3) is 0 Å². The second kappa shape index (κ2) is 8.91. The molecule has 3 rings (SSSR count). The van der Waals surface area contributed by atoms with Gasteiger partial charge in [-0.15, -0.1) is 0 Å². The predicted molar refractivity (Wildman–Crippen MR) is 112 cm³/mol. The fourth-order valence-corrected chi connectivity index (χ4v) is 3.76. The number of amides is 2. The van der Waals surface area contributed by atoms with Crippen molar-refractivity contribution >= 4 is 17.5 Å². The number of piperazine rings is 1. The summed E-state index contributed by atoms with van der Waals surface area (Å²) < 4.78 is 0. The highest BCUT2D eigenvalue weighted by molar-refractivity contribution is 5.79. The molecular formula is C23H29N3O2. The van der Waals surface area contributed by atoms with Crippen molar-refractivity contribution in [1.82, 2.24) is 10.2 Å². The number of rotatable bonds is 5. The lowest BCUT2D eigenvalue weighted by molar-refractivity contribution is -0.132. The van der Waals surface area contributed by atoms with E-state index in [9.17, 15) is 9.59 Å². The van der Waals surface area contributed by atoms with E-state index in [0.29, 0.717) is 13.1 Å². The SMILES string of the molecule is CC(=O)NC(CC(=O)N1CCN(c2cccc(C)c2C)CC1)c1ccccc1. The molecule has 2 aromatic carbocycles. The van der Waals surface area contributed by atoms with Gasteiger partial charge in [0.15, 0.2) is 0 Å². The van der Waals surface area contributed by atoms with Crippen LogP contribution in [-0.4, -0.2) is 42.9 Å². The van der Waals surface area contributed by atoms with E-state index in [1.165, 1.54) is 23.7 Å². The van der Waals surface area contributed by atoms with Crippen molar-refractivity contribution in [3.8, 4) is 0 Å². The van der Waals surface area contributed by atoms with Gasteiger partial charge >= 0.3 is 0 Å². The summed E-state index contributed by atoms with van der Waals surface area (Å²) in [5, 5.41) is 2.92. The van der Waals surface area contributed by atoms with Crippen LogP contribution in [0.3, 0.4) is 0 Å². The Hall–Kier alpha value is -2.82. The Balaban J connectivity index is 1.62. The summed E-state index contributed by atoms with van der Waals surface area (Å²) in [5.74, 6) is -0.0374. The average Bonchev–Trinajstić information content (AvgIpc) is 2.70. The minimum Gasteiger partial charge on any atom is -0.368 e. The number of nitrogens with one attached hydrogen (secondary N) is 1. The van der Waals surface area contributed by atoms with E-state index in [1.807, 2.05) is 35.2 Å². The van der Waals surface area contributed by atoms with Crippen LogP contribution in [0.2, 0.25) is 0 Å². The third-order valence-electron chi connectivity index (χ3n) is 5.51. The molecule has 1 aliphatic rings. The van der Waals surface area contributed by atoms with Crippen molar-refractivity contribution in [2.24, 2.45) is 0 Å². The van der Waals surface area contributed by atoms with Crippen molar-refractivity contribution in [2.75, 3.05) is 31.1 Å². The third-order valence-corrected chi connectivity index (χ3v) is 5.51. The molecule has 1 atom stereocenters. The molecule has 5 heteroatoms. The van der Waals surface area contributed by atoms with E-state index in [-0.39, 0.29) is 24.3 Å². The summed E-state index contributed by atoms with van der Waals surface area (Å²) >= 11 is 0. The molecule has 0 radical (unpaired) electrons. The number of carbonyl (C=O) groups is 2. The van der Waals surface area contributed by atoms with Crippen LogP contribution in [0.1, 0.15) is 36.1 Å². The molecule has 0 aromatic heterocycles.